The Hall–Kier alpha value is -3.00. The highest BCUT2D eigenvalue weighted by atomic mass is 79.9. The second-order valence-electron chi connectivity index (χ2n) is 8.70. The molecule has 2 saturated heterocycles. The van der Waals surface area contributed by atoms with Crippen molar-refractivity contribution in [1.82, 2.24) is 4.90 Å². The molecule has 2 aromatic carbocycles. The van der Waals surface area contributed by atoms with Crippen LogP contribution in [0.2, 0.25) is 0 Å². The molecule has 2 unspecified atom stereocenters. The zero-order valence-electron chi connectivity index (χ0n) is 19.9. The number of nitriles is 1. The lowest BCUT2D eigenvalue weighted by Gasteiger charge is -2.53. The highest BCUT2D eigenvalue weighted by Crippen LogP contribution is 2.43. The molecule has 2 N–H and O–H groups in total. The molecule has 186 valence electrons. The van der Waals surface area contributed by atoms with Crippen molar-refractivity contribution in [1.29, 1.82) is 5.26 Å². The number of rotatable bonds is 3. The molecule has 3 heterocycles. The summed E-state index contributed by atoms with van der Waals surface area (Å²) in [4.78, 5) is 6.89. The maximum Gasteiger partial charge on any atom is 0.186 e. The predicted molar refractivity (Wildman–Crippen MR) is 142 cm³/mol. The van der Waals surface area contributed by atoms with Gasteiger partial charge in [0.1, 0.15) is 28.5 Å². The Balaban J connectivity index is 1.85. The van der Waals surface area contributed by atoms with Crippen molar-refractivity contribution in [2.75, 3.05) is 26.1 Å². The number of fused-ring (bicyclic) bond motifs is 3. The van der Waals surface area contributed by atoms with Crippen molar-refractivity contribution < 1.29 is 18.3 Å². The zero-order chi connectivity index (χ0) is 25.7. The highest BCUT2D eigenvalue weighted by molar-refractivity contribution is 9.10. The Morgan fingerprint density at radius 1 is 1.36 bits per heavy atom. The Bertz CT molecular complexity index is 1580. The molecule has 6 nitrogen and oxygen atoms in total. The minimum Gasteiger partial charge on any atom is -0.484 e. The van der Waals surface area contributed by atoms with E-state index >= 15 is 4.39 Å². The van der Waals surface area contributed by atoms with Crippen LogP contribution in [0.1, 0.15) is 25.8 Å². The Morgan fingerprint density at radius 2 is 2.08 bits per heavy atom. The molecular weight excluding hydrogens is 550 g/mol. The molecule has 2 bridgehead atoms. The quantitative estimate of drug-likeness (QED) is 0.370. The summed E-state index contributed by atoms with van der Waals surface area (Å²) in [7, 11) is 1.54. The Morgan fingerprint density at radius 3 is 2.69 bits per heavy atom. The lowest BCUT2D eigenvalue weighted by molar-refractivity contribution is -0.0958. The Labute approximate surface area is 219 Å². The smallest absolute Gasteiger partial charge is 0.186 e. The van der Waals surface area contributed by atoms with Gasteiger partial charge in [-0.05, 0) is 31.0 Å². The van der Waals surface area contributed by atoms with Gasteiger partial charge >= 0.3 is 0 Å². The molecule has 0 spiro atoms. The standard InChI is InChI=1S/C26H23BrF2N4O2S/c1-4-15-17(26(32-12(2)34-3)33-13-7-14(33)11-35-10-13)8-19(27)22(23(15)29)16-5-6-20(28)24-21(16)18(9-30)25(31)36-24/h4-6,8,13-14H,7,10-11,31H2,1-3H3/b15-4-,26-17+,32-12+. The van der Waals surface area contributed by atoms with E-state index < -0.39 is 11.6 Å². The first-order valence-corrected chi connectivity index (χ1v) is 13.0. The number of nitrogen functional groups attached to an aromatic ring is 1. The summed E-state index contributed by atoms with van der Waals surface area (Å²) in [5, 5.41) is 11.2. The van der Waals surface area contributed by atoms with Crippen LogP contribution < -0.4 is 16.2 Å². The van der Waals surface area contributed by atoms with Crippen LogP contribution in [-0.4, -0.2) is 43.2 Å². The molecule has 2 aliphatic rings. The maximum absolute atomic E-state index is 16.4. The predicted octanol–water partition coefficient (Wildman–Crippen LogP) is 4.47. The van der Waals surface area contributed by atoms with Gasteiger partial charge in [-0.25, -0.2) is 8.78 Å². The second-order valence-corrected chi connectivity index (χ2v) is 10.6. The van der Waals surface area contributed by atoms with Gasteiger partial charge in [0, 0.05) is 32.8 Å². The minimum absolute atomic E-state index is 0.142. The summed E-state index contributed by atoms with van der Waals surface area (Å²) in [6.45, 7) is 4.67. The molecular formula is C26H23BrF2N4O2S. The van der Waals surface area contributed by atoms with Gasteiger partial charge in [-0.2, -0.15) is 10.3 Å². The van der Waals surface area contributed by atoms with Crippen LogP contribution in [0.3, 0.4) is 0 Å². The number of aliphatic imine (C=N–C) groups is 1. The van der Waals surface area contributed by atoms with E-state index in [-0.39, 0.29) is 32.9 Å². The second kappa shape index (κ2) is 9.47. The zero-order valence-corrected chi connectivity index (χ0v) is 22.3. The molecule has 0 aliphatic carbocycles. The van der Waals surface area contributed by atoms with Crippen LogP contribution >= 0.6 is 27.3 Å². The first-order chi connectivity index (χ1) is 17.3. The van der Waals surface area contributed by atoms with Gasteiger partial charge in [0.25, 0.3) is 0 Å². The third-order valence-corrected chi connectivity index (χ3v) is 8.39. The van der Waals surface area contributed by atoms with E-state index in [9.17, 15) is 9.65 Å². The number of nitrogens with zero attached hydrogens (tertiary/aromatic N) is 3. The number of halogens is 3. The summed E-state index contributed by atoms with van der Waals surface area (Å²) >= 11 is 4.55. The van der Waals surface area contributed by atoms with Gasteiger partial charge < -0.3 is 20.1 Å². The topological polar surface area (TPSA) is 83.9 Å². The van der Waals surface area contributed by atoms with Crippen molar-refractivity contribution in [3.63, 3.8) is 0 Å². The molecule has 0 saturated carbocycles. The number of hydrogen-bond donors (Lipinski definition) is 1. The fourth-order valence-electron chi connectivity index (χ4n) is 4.99. The van der Waals surface area contributed by atoms with E-state index in [2.05, 4.69) is 26.9 Å². The van der Waals surface area contributed by atoms with Crippen molar-refractivity contribution in [2.24, 2.45) is 4.99 Å². The molecule has 2 fully saturated rings. The van der Waals surface area contributed by atoms with E-state index in [0.29, 0.717) is 50.8 Å². The van der Waals surface area contributed by atoms with Crippen molar-refractivity contribution >= 4 is 60.1 Å². The number of methoxy groups -OCH3 is 1. The van der Waals surface area contributed by atoms with Crippen LogP contribution in [0.25, 0.3) is 33.1 Å². The van der Waals surface area contributed by atoms with Crippen molar-refractivity contribution in [3.05, 3.63) is 50.3 Å². The minimum atomic E-state index is -0.506. The van der Waals surface area contributed by atoms with E-state index in [4.69, 9.17) is 20.2 Å². The normalized spacial score (nSPS) is 20.9. The van der Waals surface area contributed by atoms with Gasteiger partial charge in [-0.3, -0.25) is 0 Å². The summed E-state index contributed by atoms with van der Waals surface area (Å²) in [6, 6.07) is 6.94. The summed E-state index contributed by atoms with van der Waals surface area (Å²) in [6.07, 6.45) is 2.68. The van der Waals surface area contributed by atoms with Gasteiger partial charge in [-0.1, -0.05) is 28.1 Å². The molecule has 0 amide bonds. The monoisotopic (exact) mass is 572 g/mol. The number of morpholine rings is 1. The van der Waals surface area contributed by atoms with Crippen LogP contribution in [0.15, 0.2) is 27.7 Å². The van der Waals surface area contributed by atoms with Crippen LogP contribution in [-0.2, 0) is 9.47 Å². The molecule has 36 heavy (non-hydrogen) atoms. The van der Waals surface area contributed by atoms with Crippen molar-refractivity contribution in [3.8, 4) is 17.2 Å². The summed E-state index contributed by atoms with van der Waals surface area (Å²) in [5.41, 5.74) is 6.77. The van der Waals surface area contributed by atoms with E-state index in [1.54, 1.807) is 27.0 Å². The molecule has 10 heteroatoms. The lowest BCUT2D eigenvalue weighted by atomic mass is 9.91. The number of thiophene rings is 1. The van der Waals surface area contributed by atoms with Crippen LogP contribution in [0, 0.1) is 23.0 Å². The summed E-state index contributed by atoms with van der Waals surface area (Å²) in [5.74, 6) is 0.0492. The van der Waals surface area contributed by atoms with Gasteiger partial charge in [-0.15, -0.1) is 11.3 Å². The van der Waals surface area contributed by atoms with Crippen molar-refractivity contribution in [2.45, 2.75) is 32.4 Å². The number of hydrogen-bond acceptors (Lipinski definition) is 7. The van der Waals surface area contributed by atoms with Gasteiger partial charge in [0.15, 0.2) is 5.90 Å². The first kappa shape index (κ1) is 24.7. The van der Waals surface area contributed by atoms with E-state index in [0.717, 1.165) is 17.8 Å². The number of benzene rings is 2. The molecule has 2 aliphatic heterocycles. The van der Waals surface area contributed by atoms with Gasteiger partial charge in [0.05, 0.1) is 42.7 Å². The molecule has 2 atom stereocenters. The third-order valence-electron chi connectivity index (χ3n) is 6.74. The largest absolute Gasteiger partial charge is 0.484 e. The average Bonchev–Trinajstić information content (AvgIpc) is 3.21. The fourth-order valence-corrected chi connectivity index (χ4v) is 6.56. The summed E-state index contributed by atoms with van der Waals surface area (Å²) < 4.78 is 42.7. The third kappa shape index (κ3) is 3.77. The average molecular weight is 573 g/mol. The number of ether oxygens (including phenoxy) is 2. The lowest BCUT2D eigenvalue weighted by Crippen LogP contribution is -2.63. The van der Waals surface area contributed by atoms with Gasteiger partial charge in [0.2, 0.25) is 0 Å². The number of anilines is 1. The maximum atomic E-state index is 16.4. The van der Waals surface area contributed by atoms with E-state index in [1.165, 1.54) is 12.1 Å². The van der Waals surface area contributed by atoms with Crippen LogP contribution in [0.5, 0.6) is 0 Å². The molecule has 0 radical (unpaired) electrons. The SMILES string of the molecule is C\C=c1/c(F)c(-c2ccc(F)c3sc(N)c(C#N)c23)c(Br)c/c1=C(/N=C(\C)OC)N1C2COCC1C2. The molecule has 1 aromatic heterocycles. The highest BCUT2D eigenvalue weighted by Gasteiger charge is 2.44. The van der Waals surface area contributed by atoms with E-state index in [1.807, 2.05) is 6.07 Å². The first-order valence-electron chi connectivity index (χ1n) is 11.4. The Kier molecular flexibility index (Phi) is 6.49. The molecule has 3 aromatic rings. The van der Waals surface area contributed by atoms with Crippen LogP contribution in [0.4, 0.5) is 13.8 Å². The molecule has 5 rings (SSSR count). The number of nitrogens with two attached hydrogens (primary N) is 1. The fraction of sp³-hybridized carbons (Fsp3) is 0.308.